The molecule has 4 heteroatoms. The molecule has 2 heterocycles. The average molecular weight is 405 g/mol. The van der Waals surface area contributed by atoms with E-state index in [4.69, 9.17) is 9.47 Å². The normalized spacial score (nSPS) is 18.9. The Balaban J connectivity index is 1.50. The lowest BCUT2D eigenvalue weighted by Crippen LogP contribution is -2.37. The monoisotopic (exact) mass is 404 g/mol. The Labute approximate surface area is 179 Å². The van der Waals surface area contributed by atoms with Gasteiger partial charge in [0.1, 0.15) is 0 Å². The summed E-state index contributed by atoms with van der Waals surface area (Å²) in [5, 5.41) is 5.73. The van der Waals surface area contributed by atoms with E-state index in [0.717, 1.165) is 78.5 Å². The largest absolute Gasteiger partial charge is 0.379 e. The first-order valence-corrected chi connectivity index (χ1v) is 11.4. The zero-order valence-electron chi connectivity index (χ0n) is 17.8. The standard InChI is InChI=1S/C26H32N2O2/c1-2-6-22-21(5-1)25(9-11-27-13-17-29-18-14-27)23-7-3-4-8-24(23)26(22)10-12-28-15-19-30-20-16-28/h1-8H,9-20H2. The highest BCUT2D eigenvalue weighted by Crippen LogP contribution is 2.34. The molecule has 0 bridgehead atoms. The van der Waals surface area contributed by atoms with E-state index in [2.05, 4.69) is 58.3 Å². The molecular weight excluding hydrogens is 372 g/mol. The Bertz CT molecular complexity index is 854. The maximum absolute atomic E-state index is 5.53. The highest BCUT2D eigenvalue weighted by molar-refractivity contribution is 6.05. The molecule has 2 saturated heterocycles. The Hall–Kier alpha value is -1.98. The lowest BCUT2D eigenvalue weighted by molar-refractivity contribution is 0.0384. The number of hydrogen-bond acceptors (Lipinski definition) is 4. The first kappa shape index (κ1) is 20.0. The Morgan fingerprint density at radius 1 is 0.533 bits per heavy atom. The van der Waals surface area contributed by atoms with Gasteiger partial charge in [-0.25, -0.2) is 0 Å². The summed E-state index contributed by atoms with van der Waals surface area (Å²) in [7, 11) is 0. The average Bonchev–Trinajstić information content (AvgIpc) is 2.82. The summed E-state index contributed by atoms with van der Waals surface area (Å²) in [4.78, 5) is 5.08. The Morgan fingerprint density at radius 3 is 1.20 bits per heavy atom. The molecule has 0 N–H and O–H groups in total. The van der Waals surface area contributed by atoms with Gasteiger partial charge in [-0.1, -0.05) is 48.5 Å². The number of hydrogen-bond donors (Lipinski definition) is 0. The van der Waals surface area contributed by atoms with Crippen LogP contribution in [-0.2, 0) is 22.3 Å². The Morgan fingerprint density at radius 2 is 0.867 bits per heavy atom. The lowest BCUT2D eigenvalue weighted by atomic mass is 9.89. The van der Waals surface area contributed by atoms with Crippen LogP contribution in [0.25, 0.3) is 21.5 Å². The summed E-state index contributed by atoms with van der Waals surface area (Å²) in [6.07, 6.45) is 2.18. The summed E-state index contributed by atoms with van der Waals surface area (Å²) in [6, 6.07) is 18.1. The molecule has 3 aromatic rings. The molecule has 0 aliphatic carbocycles. The SMILES string of the molecule is c1ccc2c(CCN3CCOCC3)c3ccccc3c(CCN3CCOCC3)c2c1. The fourth-order valence-corrected chi connectivity index (χ4v) is 5.04. The predicted octanol–water partition coefficient (Wildman–Crippen LogP) is 3.74. The third-order valence-corrected chi connectivity index (χ3v) is 6.72. The topological polar surface area (TPSA) is 24.9 Å². The van der Waals surface area contributed by atoms with E-state index in [9.17, 15) is 0 Å². The van der Waals surface area contributed by atoms with Crippen molar-refractivity contribution in [2.75, 3.05) is 65.7 Å². The van der Waals surface area contributed by atoms with Crippen LogP contribution in [0.5, 0.6) is 0 Å². The van der Waals surface area contributed by atoms with Crippen LogP contribution < -0.4 is 0 Å². The van der Waals surface area contributed by atoms with Gasteiger partial charge < -0.3 is 9.47 Å². The minimum absolute atomic E-state index is 0.863. The van der Waals surface area contributed by atoms with E-state index in [-0.39, 0.29) is 0 Å². The number of nitrogens with zero attached hydrogens (tertiary/aromatic N) is 2. The quantitative estimate of drug-likeness (QED) is 0.585. The highest BCUT2D eigenvalue weighted by Gasteiger charge is 2.17. The van der Waals surface area contributed by atoms with Crippen LogP contribution in [0.15, 0.2) is 48.5 Å². The molecule has 0 atom stereocenters. The van der Waals surface area contributed by atoms with Gasteiger partial charge in [-0.05, 0) is 45.5 Å². The van der Waals surface area contributed by atoms with Gasteiger partial charge in [0.15, 0.2) is 0 Å². The summed E-state index contributed by atoms with van der Waals surface area (Å²) in [6.45, 7) is 9.85. The van der Waals surface area contributed by atoms with Crippen molar-refractivity contribution in [3.8, 4) is 0 Å². The van der Waals surface area contributed by atoms with Crippen LogP contribution >= 0.6 is 0 Å². The molecule has 0 spiro atoms. The van der Waals surface area contributed by atoms with Crippen LogP contribution in [0.4, 0.5) is 0 Å². The van der Waals surface area contributed by atoms with E-state index in [1.807, 2.05) is 0 Å². The molecule has 0 amide bonds. The third-order valence-electron chi connectivity index (χ3n) is 6.72. The van der Waals surface area contributed by atoms with Crippen LogP contribution in [0, 0.1) is 0 Å². The molecule has 5 rings (SSSR count). The zero-order chi connectivity index (χ0) is 20.2. The molecule has 2 fully saturated rings. The molecule has 30 heavy (non-hydrogen) atoms. The highest BCUT2D eigenvalue weighted by atomic mass is 16.5. The van der Waals surface area contributed by atoms with E-state index >= 15 is 0 Å². The molecule has 0 radical (unpaired) electrons. The fourth-order valence-electron chi connectivity index (χ4n) is 5.04. The van der Waals surface area contributed by atoms with Gasteiger partial charge >= 0.3 is 0 Å². The van der Waals surface area contributed by atoms with Crippen LogP contribution in [0.2, 0.25) is 0 Å². The smallest absolute Gasteiger partial charge is 0.0594 e. The van der Waals surface area contributed by atoms with Gasteiger partial charge in [0.05, 0.1) is 26.4 Å². The minimum atomic E-state index is 0.863. The lowest BCUT2D eigenvalue weighted by Gasteiger charge is -2.28. The van der Waals surface area contributed by atoms with E-state index in [1.165, 1.54) is 32.7 Å². The molecule has 0 aromatic heterocycles. The minimum Gasteiger partial charge on any atom is -0.379 e. The van der Waals surface area contributed by atoms with Crippen molar-refractivity contribution in [1.29, 1.82) is 0 Å². The van der Waals surface area contributed by atoms with Crippen LogP contribution in [0.1, 0.15) is 11.1 Å². The summed E-state index contributed by atoms with van der Waals surface area (Å²) < 4.78 is 11.1. The molecule has 158 valence electrons. The molecular formula is C26H32N2O2. The van der Waals surface area contributed by atoms with Crippen LogP contribution in [-0.4, -0.2) is 75.5 Å². The third kappa shape index (κ3) is 4.23. The Kier molecular flexibility index (Phi) is 6.28. The number of morpholine rings is 2. The zero-order valence-corrected chi connectivity index (χ0v) is 17.8. The van der Waals surface area contributed by atoms with Gasteiger partial charge in [-0.3, -0.25) is 9.80 Å². The second kappa shape index (κ2) is 9.44. The first-order chi connectivity index (χ1) is 14.9. The molecule has 3 aromatic carbocycles. The second-order valence-electron chi connectivity index (χ2n) is 8.46. The predicted molar refractivity (Wildman–Crippen MR) is 123 cm³/mol. The maximum atomic E-state index is 5.53. The van der Waals surface area contributed by atoms with Gasteiger partial charge in [0, 0.05) is 39.3 Å². The summed E-state index contributed by atoms with van der Waals surface area (Å²) in [5.41, 5.74) is 3.01. The van der Waals surface area contributed by atoms with Crippen molar-refractivity contribution in [3.05, 3.63) is 59.7 Å². The van der Waals surface area contributed by atoms with E-state index in [1.54, 1.807) is 0 Å². The van der Waals surface area contributed by atoms with Gasteiger partial charge in [0.25, 0.3) is 0 Å². The number of benzene rings is 3. The van der Waals surface area contributed by atoms with Crippen molar-refractivity contribution in [3.63, 3.8) is 0 Å². The number of fused-ring (bicyclic) bond motifs is 2. The van der Waals surface area contributed by atoms with Gasteiger partial charge in [-0.15, -0.1) is 0 Å². The van der Waals surface area contributed by atoms with Crippen LogP contribution in [0.3, 0.4) is 0 Å². The summed E-state index contributed by atoms with van der Waals surface area (Å²) >= 11 is 0. The molecule has 4 nitrogen and oxygen atoms in total. The maximum Gasteiger partial charge on any atom is 0.0594 e. The van der Waals surface area contributed by atoms with Gasteiger partial charge in [-0.2, -0.15) is 0 Å². The number of rotatable bonds is 6. The first-order valence-electron chi connectivity index (χ1n) is 11.4. The van der Waals surface area contributed by atoms with Crippen molar-refractivity contribution in [2.24, 2.45) is 0 Å². The number of ether oxygens (including phenoxy) is 2. The van der Waals surface area contributed by atoms with Crippen molar-refractivity contribution >= 4 is 21.5 Å². The second-order valence-corrected chi connectivity index (χ2v) is 8.46. The molecule has 2 aliphatic heterocycles. The molecule has 0 unspecified atom stereocenters. The van der Waals surface area contributed by atoms with Crippen molar-refractivity contribution in [2.45, 2.75) is 12.8 Å². The van der Waals surface area contributed by atoms with Crippen molar-refractivity contribution < 1.29 is 9.47 Å². The van der Waals surface area contributed by atoms with Crippen molar-refractivity contribution in [1.82, 2.24) is 9.80 Å². The van der Waals surface area contributed by atoms with Gasteiger partial charge in [0.2, 0.25) is 0 Å². The molecule has 0 saturated carbocycles. The van der Waals surface area contributed by atoms with E-state index in [0.29, 0.717) is 0 Å². The summed E-state index contributed by atoms with van der Waals surface area (Å²) in [5.74, 6) is 0. The molecule has 2 aliphatic rings. The van der Waals surface area contributed by atoms with E-state index < -0.39 is 0 Å². The fraction of sp³-hybridized carbons (Fsp3) is 0.462.